The Morgan fingerprint density at radius 3 is 2.03 bits per heavy atom. The number of nitrogens with zero attached hydrogens (tertiary/aromatic N) is 1. The maximum Gasteiger partial charge on any atom is 0.222 e. The van der Waals surface area contributed by atoms with Crippen molar-refractivity contribution in [3.05, 3.63) is 118 Å². The maximum absolute atomic E-state index is 12.9. The first kappa shape index (κ1) is 25.2. The number of allylic oxidation sites excluding steroid dienone is 1. The van der Waals surface area contributed by atoms with Gasteiger partial charge in [-0.25, -0.2) is 0 Å². The van der Waals surface area contributed by atoms with Gasteiger partial charge in [-0.1, -0.05) is 95.3 Å². The average Bonchev–Trinajstić information content (AvgIpc) is 2.90. The van der Waals surface area contributed by atoms with Crippen LogP contribution in [0.5, 0.6) is 0 Å². The normalized spacial score (nSPS) is 14.9. The van der Waals surface area contributed by atoms with Crippen LogP contribution in [0.1, 0.15) is 36.0 Å². The minimum absolute atomic E-state index is 0.0444. The molecule has 35 heavy (non-hydrogen) atoms. The van der Waals surface area contributed by atoms with Crippen molar-refractivity contribution in [2.45, 2.75) is 38.5 Å². The van der Waals surface area contributed by atoms with Gasteiger partial charge in [-0.05, 0) is 60.9 Å². The highest BCUT2D eigenvalue weighted by molar-refractivity contribution is 9.10. The van der Waals surface area contributed by atoms with Crippen LogP contribution >= 0.6 is 15.9 Å². The summed E-state index contributed by atoms with van der Waals surface area (Å²) in [4.78, 5) is 15.0. The van der Waals surface area contributed by atoms with Crippen LogP contribution < -0.4 is 5.32 Å². The third-order valence-corrected chi connectivity index (χ3v) is 7.76. The monoisotopic (exact) mass is 530 g/mol. The molecule has 4 heteroatoms. The molecule has 3 aromatic carbocycles. The molecular weight excluding hydrogens is 496 g/mol. The van der Waals surface area contributed by atoms with Gasteiger partial charge in [-0.15, -0.1) is 0 Å². The molecule has 0 atom stereocenters. The van der Waals surface area contributed by atoms with Crippen LogP contribution in [0.25, 0.3) is 0 Å². The van der Waals surface area contributed by atoms with Crippen LogP contribution in [-0.4, -0.2) is 30.4 Å². The lowest BCUT2D eigenvalue weighted by Gasteiger charge is -2.43. The van der Waals surface area contributed by atoms with Crippen molar-refractivity contribution in [3.8, 4) is 0 Å². The number of carbonyl (C=O) groups is 1. The first-order valence-corrected chi connectivity index (χ1v) is 13.4. The van der Waals surface area contributed by atoms with Crippen LogP contribution in [0, 0.1) is 5.41 Å². The fourth-order valence-electron chi connectivity index (χ4n) is 5.01. The van der Waals surface area contributed by atoms with E-state index in [1.165, 1.54) is 16.7 Å². The lowest BCUT2D eigenvalue weighted by molar-refractivity contribution is -0.133. The van der Waals surface area contributed by atoms with Gasteiger partial charge < -0.3 is 10.2 Å². The Morgan fingerprint density at radius 2 is 1.40 bits per heavy atom. The van der Waals surface area contributed by atoms with Gasteiger partial charge in [-0.3, -0.25) is 4.79 Å². The van der Waals surface area contributed by atoms with Crippen molar-refractivity contribution in [2.24, 2.45) is 5.41 Å². The van der Waals surface area contributed by atoms with Crippen molar-refractivity contribution in [1.29, 1.82) is 0 Å². The van der Waals surface area contributed by atoms with E-state index in [4.69, 9.17) is 0 Å². The summed E-state index contributed by atoms with van der Waals surface area (Å²) in [5, 5.41) is 3.66. The molecule has 3 aromatic rings. The zero-order chi connectivity index (χ0) is 24.5. The fraction of sp³-hybridized carbons (Fsp3) is 0.323. The van der Waals surface area contributed by atoms with Crippen molar-refractivity contribution >= 4 is 21.8 Å². The van der Waals surface area contributed by atoms with E-state index in [2.05, 4.69) is 99.5 Å². The Kier molecular flexibility index (Phi) is 8.81. The number of carbonyl (C=O) groups excluding carboxylic acids is 1. The minimum Gasteiger partial charge on any atom is -0.388 e. The van der Waals surface area contributed by atoms with E-state index in [9.17, 15) is 4.79 Å². The summed E-state index contributed by atoms with van der Waals surface area (Å²) in [5.41, 5.74) is 4.92. The predicted octanol–water partition coefficient (Wildman–Crippen LogP) is 6.58. The largest absolute Gasteiger partial charge is 0.388 e. The van der Waals surface area contributed by atoms with Crippen molar-refractivity contribution < 1.29 is 4.79 Å². The summed E-state index contributed by atoms with van der Waals surface area (Å²) in [6.07, 6.45) is 5.14. The summed E-state index contributed by atoms with van der Waals surface area (Å²) >= 11 is 3.51. The second-order valence-corrected chi connectivity index (χ2v) is 10.5. The van der Waals surface area contributed by atoms with E-state index in [1.54, 1.807) is 0 Å². The van der Waals surface area contributed by atoms with Crippen molar-refractivity contribution in [3.63, 3.8) is 0 Å². The lowest BCUT2D eigenvalue weighted by Crippen LogP contribution is -2.47. The number of aryl methyl sites for hydroxylation is 1. The standard InChI is InChI=1S/C31H35BrN2O/c1-25(33-21-18-27-12-15-29(32)16-13-27)31(24-28-10-6-3-7-11-28)19-22-34(23-20-31)30(35)17-14-26-8-4-2-5-9-26/h2-13,15-16,33H,1,14,17-24H2. The Labute approximate surface area is 218 Å². The third kappa shape index (κ3) is 7.08. The summed E-state index contributed by atoms with van der Waals surface area (Å²) in [6, 6.07) is 29.5. The van der Waals surface area contributed by atoms with E-state index in [-0.39, 0.29) is 11.3 Å². The molecule has 1 amide bonds. The molecule has 4 rings (SSSR count). The van der Waals surface area contributed by atoms with E-state index < -0.39 is 0 Å². The Morgan fingerprint density at radius 1 is 0.829 bits per heavy atom. The van der Waals surface area contributed by atoms with Crippen LogP contribution in [0.15, 0.2) is 102 Å². The number of piperidine rings is 1. The predicted molar refractivity (Wildman–Crippen MR) is 148 cm³/mol. The van der Waals surface area contributed by atoms with Crippen LogP contribution in [0.2, 0.25) is 0 Å². The van der Waals surface area contributed by atoms with Gasteiger partial charge in [-0.2, -0.15) is 0 Å². The average molecular weight is 532 g/mol. The smallest absolute Gasteiger partial charge is 0.222 e. The van der Waals surface area contributed by atoms with Crippen LogP contribution in [-0.2, 0) is 24.1 Å². The van der Waals surface area contributed by atoms with Gasteiger partial charge in [0.1, 0.15) is 0 Å². The number of nitrogens with one attached hydrogen (secondary N) is 1. The SMILES string of the molecule is C=C(NCCc1ccc(Br)cc1)C1(Cc2ccccc2)CCN(C(=O)CCc2ccccc2)CC1. The molecule has 0 radical (unpaired) electrons. The zero-order valence-electron chi connectivity index (χ0n) is 20.4. The molecule has 0 aliphatic carbocycles. The highest BCUT2D eigenvalue weighted by Crippen LogP contribution is 2.40. The highest BCUT2D eigenvalue weighted by Gasteiger charge is 2.38. The molecule has 0 aromatic heterocycles. The molecule has 1 aliphatic rings. The fourth-order valence-corrected chi connectivity index (χ4v) is 5.27. The number of halogens is 1. The second kappa shape index (κ2) is 12.2. The first-order chi connectivity index (χ1) is 17.0. The summed E-state index contributed by atoms with van der Waals surface area (Å²) in [5.74, 6) is 0.260. The van der Waals surface area contributed by atoms with Crippen molar-refractivity contribution in [1.82, 2.24) is 10.2 Å². The maximum atomic E-state index is 12.9. The van der Waals surface area contributed by atoms with Crippen LogP contribution in [0.3, 0.4) is 0 Å². The first-order valence-electron chi connectivity index (χ1n) is 12.6. The van der Waals surface area contributed by atoms with Gasteiger partial charge in [0.25, 0.3) is 0 Å². The summed E-state index contributed by atoms with van der Waals surface area (Å²) in [7, 11) is 0. The van der Waals surface area contributed by atoms with E-state index in [1.807, 2.05) is 18.2 Å². The highest BCUT2D eigenvalue weighted by atomic mass is 79.9. The van der Waals surface area contributed by atoms with Crippen molar-refractivity contribution in [2.75, 3.05) is 19.6 Å². The summed E-state index contributed by atoms with van der Waals surface area (Å²) < 4.78 is 1.10. The van der Waals surface area contributed by atoms with Gasteiger partial charge in [0.2, 0.25) is 5.91 Å². The number of benzene rings is 3. The second-order valence-electron chi connectivity index (χ2n) is 9.59. The molecule has 182 valence electrons. The minimum atomic E-state index is -0.0444. The third-order valence-electron chi connectivity index (χ3n) is 7.23. The molecule has 1 aliphatic heterocycles. The summed E-state index contributed by atoms with van der Waals surface area (Å²) in [6.45, 7) is 6.94. The Hall–Kier alpha value is -2.85. The van der Waals surface area contributed by atoms with Gasteiger partial charge in [0, 0.05) is 41.6 Å². The molecule has 1 N–H and O–H groups in total. The molecule has 0 saturated carbocycles. The number of hydrogen-bond acceptors (Lipinski definition) is 2. The van der Waals surface area contributed by atoms with Crippen LogP contribution in [0.4, 0.5) is 0 Å². The molecule has 0 spiro atoms. The number of hydrogen-bond donors (Lipinski definition) is 1. The molecule has 1 heterocycles. The number of rotatable bonds is 10. The van der Waals surface area contributed by atoms with Gasteiger partial charge in [0.05, 0.1) is 0 Å². The lowest BCUT2D eigenvalue weighted by atomic mass is 9.71. The van der Waals surface area contributed by atoms with Gasteiger partial charge in [0.15, 0.2) is 0 Å². The van der Waals surface area contributed by atoms with E-state index >= 15 is 0 Å². The van der Waals surface area contributed by atoms with E-state index in [0.29, 0.717) is 6.42 Å². The molecule has 3 nitrogen and oxygen atoms in total. The molecular formula is C31H35BrN2O. The van der Waals surface area contributed by atoms with E-state index in [0.717, 1.165) is 61.9 Å². The quantitative estimate of drug-likeness (QED) is 0.321. The molecule has 1 saturated heterocycles. The Balaban J connectivity index is 1.36. The molecule has 1 fully saturated rings. The zero-order valence-corrected chi connectivity index (χ0v) is 22.0. The number of amides is 1. The number of likely N-dealkylation sites (tertiary alicyclic amines) is 1. The van der Waals surface area contributed by atoms with Gasteiger partial charge >= 0.3 is 0 Å². The molecule has 0 unspecified atom stereocenters. The topological polar surface area (TPSA) is 32.3 Å². The molecule has 0 bridgehead atoms. The Bertz CT molecular complexity index is 1090.